The Hall–Kier alpha value is -1.48. The molecule has 0 heterocycles. The van der Waals surface area contributed by atoms with Crippen molar-refractivity contribution in [2.45, 2.75) is 166 Å². The Balaban J connectivity index is 0.000000152. The Labute approximate surface area is 284 Å². The second kappa shape index (κ2) is 10.5. The molecular formula is C40H58F2O6. The molecule has 0 spiro atoms. The third kappa shape index (κ3) is 4.15. The fourth-order valence-corrected chi connectivity index (χ4v) is 13.6. The minimum Gasteiger partial charge on any atom is -0.390 e. The molecule has 0 amide bonds. The predicted molar refractivity (Wildman–Crippen MR) is 178 cm³/mol. The molecule has 0 radical (unpaired) electrons. The molecular weight excluding hydrogens is 614 g/mol. The summed E-state index contributed by atoms with van der Waals surface area (Å²) >= 11 is 0. The first kappa shape index (κ1) is 34.9. The highest BCUT2D eigenvalue weighted by atomic mass is 19.1. The highest BCUT2D eigenvalue weighted by Crippen LogP contribution is 2.71. The molecule has 4 N–H and O–H groups in total. The summed E-state index contributed by atoms with van der Waals surface area (Å²) in [5, 5.41) is 43.7. The molecule has 6 fully saturated rings. The molecule has 8 aliphatic rings. The molecule has 0 aliphatic heterocycles. The van der Waals surface area contributed by atoms with Crippen molar-refractivity contribution in [1.82, 2.24) is 0 Å². The lowest BCUT2D eigenvalue weighted by molar-refractivity contribution is -0.225. The van der Waals surface area contributed by atoms with Gasteiger partial charge in [-0.1, -0.05) is 38.8 Å². The zero-order valence-electron chi connectivity index (χ0n) is 29.9. The Bertz CT molecular complexity index is 1360. The topological polar surface area (TPSA) is 115 Å². The van der Waals surface area contributed by atoms with Crippen LogP contribution in [0.1, 0.15) is 131 Å². The van der Waals surface area contributed by atoms with E-state index in [0.717, 1.165) is 36.8 Å². The molecule has 14 atom stereocenters. The van der Waals surface area contributed by atoms with Crippen molar-refractivity contribution in [2.24, 2.45) is 45.3 Å². The van der Waals surface area contributed by atoms with Gasteiger partial charge in [-0.2, -0.15) is 0 Å². The van der Waals surface area contributed by atoms with Crippen LogP contribution in [-0.2, 0) is 9.59 Å². The summed E-state index contributed by atoms with van der Waals surface area (Å²) in [4.78, 5) is 23.7. The second-order valence-corrected chi connectivity index (χ2v) is 18.9. The second-order valence-electron chi connectivity index (χ2n) is 18.9. The summed E-state index contributed by atoms with van der Waals surface area (Å²) in [6, 6.07) is 0. The van der Waals surface area contributed by atoms with E-state index in [0.29, 0.717) is 64.2 Å². The van der Waals surface area contributed by atoms with Crippen LogP contribution in [0.5, 0.6) is 0 Å². The van der Waals surface area contributed by atoms with Crippen LogP contribution in [0.2, 0.25) is 0 Å². The summed E-state index contributed by atoms with van der Waals surface area (Å²) in [6.07, 6.45) is 9.21. The summed E-state index contributed by atoms with van der Waals surface area (Å²) in [5.41, 5.74) is -5.67. The molecule has 8 rings (SSSR count). The number of carbonyl (C=O) groups is 2. The van der Waals surface area contributed by atoms with Crippen molar-refractivity contribution < 1.29 is 38.8 Å². The van der Waals surface area contributed by atoms with Gasteiger partial charge in [0, 0.05) is 46.3 Å². The van der Waals surface area contributed by atoms with Crippen molar-refractivity contribution in [2.75, 3.05) is 0 Å². The summed E-state index contributed by atoms with van der Waals surface area (Å²) in [7, 11) is 0. The number of fused-ring (bicyclic) bond motifs is 10. The number of halogens is 2. The maximum absolute atomic E-state index is 16.6. The molecule has 0 bridgehead atoms. The average Bonchev–Trinajstić information content (AvgIpc) is 3.38. The summed E-state index contributed by atoms with van der Waals surface area (Å²) in [5.74, 6) is -0.119. The van der Waals surface area contributed by atoms with Gasteiger partial charge in [-0.25, -0.2) is 8.78 Å². The molecule has 48 heavy (non-hydrogen) atoms. The SMILES string of the molecule is C[C@]1(O)CC[C@H]2[C@@H]3CCC4=CC(=O)CC[C@]4(C)[C@@]3(F)[C@@H](O)C[C@@]21C.C[C@]1(O)CC[C@H]2[C@@H]3CCC4=CC(=O)CC[C@]4(C)[C@@]3(F)[C@@H](O)C[C@@]21C. The van der Waals surface area contributed by atoms with Gasteiger partial charge in [0.15, 0.2) is 11.6 Å². The fourth-order valence-electron chi connectivity index (χ4n) is 13.6. The predicted octanol–water partition coefficient (Wildman–Crippen LogP) is 6.66. The Morgan fingerprint density at radius 1 is 0.562 bits per heavy atom. The average molecular weight is 673 g/mol. The van der Waals surface area contributed by atoms with Crippen molar-refractivity contribution in [3.8, 4) is 0 Å². The fraction of sp³-hybridized carbons (Fsp3) is 0.850. The number of allylic oxidation sites excluding steroid dienone is 2. The monoisotopic (exact) mass is 672 g/mol. The lowest BCUT2D eigenvalue weighted by Crippen LogP contribution is -2.68. The zero-order chi connectivity index (χ0) is 35.1. The van der Waals surface area contributed by atoms with Gasteiger partial charge in [-0.05, 0) is 115 Å². The molecule has 0 aromatic carbocycles. The number of hydrogen-bond donors (Lipinski definition) is 4. The van der Waals surface area contributed by atoms with Crippen LogP contribution in [0, 0.1) is 45.3 Å². The largest absolute Gasteiger partial charge is 0.390 e. The Kier molecular flexibility index (Phi) is 7.67. The Morgan fingerprint density at radius 2 is 0.917 bits per heavy atom. The van der Waals surface area contributed by atoms with E-state index in [1.165, 1.54) is 0 Å². The maximum Gasteiger partial charge on any atom is 0.155 e. The number of aliphatic hydroxyl groups excluding tert-OH is 2. The smallest absolute Gasteiger partial charge is 0.155 e. The van der Waals surface area contributed by atoms with Crippen LogP contribution < -0.4 is 0 Å². The van der Waals surface area contributed by atoms with E-state index >= 15 is 8.78 Å². The summed E-state index contributed by atoms with van der Waals surface area (Å²) in [6.45, 7) is 11.6. The van der Waals surface area contributed by atoms with Gasteiger partial charge in [0.2, 0.25) is 0 Å². The minimum atomic E-state index is -1.69. The van der Waals surface area contributed by atoms with Gasteiger partial charge in [-0.15, -0.1) is 0 Å². The number of aliphatic hydroxyl groups is 4. The first-order valence-corrected chi connectivity index (χ1v) is 18.8. The van der Waals surface area contributed by atoms with E-state index in [9.17, 15) is 30.0 Å². The third-order valence-electron chi connectivity index (χ3n) is 17.2. The van der Waals surface area contributed by atoms with Crippen molar-refractivity contribution in [1.29, 1.82) is 0 Å². The van der Waals surface area contributed by atoms with Gasteiger partial charge in [-0.3, -0.25) is 9.59 Å². The van der Waals surface area contributed by atoms with E-state index < -0.39 is 56.4 Å². The standard InChI is InChI=1S/2C20H29FO3/c2*1-17-8-6-13(22)10-12(17)4-5-15-14-7-9-19(3,24)18(14,2)11-16(23)20(15,17)21/h2*10,14-16,23-24H,4-9,11H2,1-3H3/t2*14-,15-,16-,17-,18-,19-,20-/m00/s1. The first-order chi connectivity index (χ1) is 22.1. The van der Waals surface area contributed by atoms with Crippen molar-refractivity contribution in [3.05, 3.63) is 23.3 Å². The third-order valence-corrected chi connectivity index (χ3v) is 17.2. The van der Waals surface area contributed by atoms with Crippen molar-refractivity contribution >= 4 is 11.6 Å². The normalized spacial score (nSPS) is 57.0. The van der Waals surface area contributed by atoms with E-state index in [2.05, 4.69) is 0 Å². The quantitative estimate of drug-likeness (QED) is 0.229. The number of ketones is 2. The maximum atomic E-state index is 16.6. The molecule has 0 aromatic rings. The highest BCUT2D eigenvalue weighted by molar-refractivity contribution is 5.92. The van der Waals surface area contributed by atoms with E-state index in [4.69, 9.17) is 0 Å². The Morgan fingerprint density at radius 3 is 1.27 bits per heavy atom. The van der Waals surface area contributed by atoms with Crippen LogP contribution in [-0.4, -0.2) is 66.7 Å². The number of alkyl halides is 2. The molecule has 8 heteroatoms. The molecule has 268 valence electrons. The lowest BCUT2D eigenvalue weighted by Gasteiger charge is -2.63. The number of hydrogen-bond acceptors (Lipinski definition) is 6. The van der Waals surface area contributed by atoms with Crippen molar-refractivity contribution in [3.63, 3.8) is 0 Å². The van der Waals surface area contributed by atoms with Gasteiger partial charge in [0.05, 0.1) is 23.4 Å². The van der Waals surface area contributed by atoms with Gasteiger partial charge in [0.25, 0.3) is 0 Å². The molecule has 0 saturated heterocycles. The lowest BCUT2D eigenvalue weighted by atomic mass is 9.44. The van der Waals surface area contributed by atoms with E-state index in [-0.39, 0.29) is 35.2 Å². The van der Waals surface area contributed by atoms with Crippen LogP contribution >= 0.6 is 0 Å². The van der Waals surface area contributed by atoms with Crippen LogP contribution in [0.25, 0.3) is 0 Å². The highest BCUT2D eigenvalue weighted by Gasteiger charge is 2.74. The molecule has 6 saturated carbocycles. The van der Waals surface area contributed by atoms with E-state index in [1.54, 1.807) is 12.2 Å². The summed E-state index contributed by atoms with van der Waals surface area (Å²) < 4.78 is 33.3. The van der Waals surface area contributed by atoms with Gasteiger partial charge >= 0.3 is 0 Å². The van der Waals surface area contributed by atoms with Gasteiger partial charge in [0.1, 0.15) is 11.3 Å². The number of carbonyl (C=O) groups excluding carboxylic acids is 2. The molecule has 0 aromatic heterocycles. The van der Waals surface area contributed by atoms with Crippen LogP contribution in [0.3, 0.4) is 0 Å². The molecule has 8 aliphatic carbocycles. The first-order valence-electron chi connectivity index (χ1n) is 18.8. The van der Waals surface area contributed by atoms with E-state index in [1.807, 2.05) is 41.5 Å². The van der Waals surface area contributed by atoms with Crippen LogP contribution in [0.4, 0.5) is 8.78 Å². The zero-order valence-corrected chi connectivity index (χ0v) is 29.9. The minimum absolute atomic E-state index is 0.0865. The molecule has 0 unspecified atom stereocenters. The molecule has 6 nitrogen and oxygen atoms in total. The van der Waals surface area contributed by atoms with Gasteiger partial charge < -0.3 is 20.4 Å². The number of rotatable bonds is 0. The van der Waals surface area contributed by atoms with Crippen LogP contribution in [0.15, 0.2) is 23.3 Å².